The van der Waals surface area contributed by atoms with E-state index in [1.54, 1.807) is 6.20 Å². The van der Waals surface area contributed by atoms with Crippen LogP contribution in [0.5, 0.6) is 11.5 Å². The van der Waals surface area contributed by atoms with Crippen LogP contribution in [0.2, 0.25) is 0 Å². The molecule has 1 N–H and O–H groups in total. The second kappa shape index (κ2) is 5.96. The minimum atomic E-state index is 0.329. The van der Waals surface area contributed by atoms with Crippen molar-refractivity contribution in [1.29, 1.82) is 0 Å². The molecule has 106 valence electrons. The van der Waals surface area contributed by atoms with Crippen molar-refractivity contribution in [3.05, 3.63) is 42.2 Å². The molecule has 20 heavy (non-hydrogen) atoms. The molecule has 0 aliphatic carbocycles. The quantitative estimate of drug-likeness (QED) is 0.903. The SMILES string of the molecule is C[C@@H](Cn1cccn1)NCc1cccc2c1OCCO2. The van der Waals surface area contributed by atoms with E-state index in [-0.39, 0.29) is 0 Å². The molecule has 5 nitrogen and oxygen atoms in total. The Kier molecular flexibility index (Phi) is 3.87. The second-order valence-corrected chi connectivity index (χ2v) is 4.95. The zero-order valence-corrected chi connectivity index (χ0v) is 11.6. The Bertz CT molecular complexity index is 554. The molecule has 0 fully saturated rings. The van der Waals surface area contributed by atoms with Gasteiger partial charge in [-0.05, 0) is 19.1 Å². The van der Waals surface area contributed by atoms with Crippen molar-refractivity contribution in [2.24, 2.45) is 0 Å². The van der Waals surface area contributed by atoms with Gasteiger partial charge in [0.2, 0.25) is 0 Å². The molecule has 0 amide bonds. The number of rotatable bonds is 5. The molecule has 0 spiro atoms. The third kappa shape index (κ3) is 2.93. The average Bonchev–Trinajstić information content (AvgIpc) is 2.98. The minimum absolute atomic E-state index is 0.329. The number of para-hydroxylation sites is 1. The van der Waals surface area contributed by atoms with E-state index < -0.39 is 0 Å². The van der Waals surface area contributed by atoms with E-state index in [9.17, 15) is 0 Å². The number of hydrogen-bond donors (Lipinski definition) is 1. The average molecular weight is 273 g/mol. The van der Waals surface area contributed by atoms with Crippen LogP contribution in [0.4, 0.5) is 0 Å². The third-order valence-electron chi connectivity index (χ3n) is 3.31. The first-order valence-corrected chi connectivity index (χ1v) is 6.91. The Morgan fingerprint density at radius 2 is 2.20 bits per heavy atom. The number of nitrogens with one attached hydrogen (secondary N) is 1. The summed E-state index contributed by atoms with van der Waals surface area (Å²) in [5.41, 5.74) is 1.13. The van der Waals surface area contributed by atoms with E-state index in [1.807, 2.05) is 29.1 Å². The summed E-state index contributed by atoms with van der Waals surface area (Å²) < 4.78 is 13.2. The zero-order chi connectivity index (χ0) is 13.8. The predicted octanol–water partition coefficient (Wildman–Crippen LogP) is 1.83. The molecule has 1 aromatic carbocycles. The Labute approximate surface area is 118 Å². The molecule has 0 saturated heterocycles. The molecule has 0 bridgehead atoms. The highest BCUT2D eigenvalue weighted by Crippen LogP contribution is 2.33. The van der Waals surface area contributed by atoms with Crippen LogP contribution in [0, 0.1) is 0 Å². The van der Waals surface area contributed by atoms with Gasteiger partial charge in [0.1, 0.15) is 13.2 Å². The van der Waals surface area contributed by atoms with Crippen LogP contribution in [-0.2, 0) is 13.1 Å². The van der Waals surface area contributed by atoms with Gasteiger partial charge in [0.05, 0.1) is 6.54 Å². The molecule has 1 aromatic heterocycles. The van der Waals surface area contributed by atoms with Gasteiger partial charge >= 0.3 is 0 Å². The van der Waals surface area contributed by atoms with Gasteiger partial charge < -0.3 is 14.8 Å². The predicted molar refractivity (Wildman–Crippen MR) is 76.0 cm³/mol. The minimum Gasteiger partial charge on any atom is -0.486 e. The lowest BCUT2D eigenvalue weighted by atomic mass is 10.1. The van der Waals surface area contributed by atoms with Crippen molar-refractivity contribution in [2.45, 2.75) is 26.1 Å². The maximum atomic E-state index is 5.71. The van der Waals surface area contributed by atoms with Crippen molar-refractivity contribution in [3.63, 3.8) is 0 Å². The van der Waals surface area contributed by atoms with E-state index in [0.29, 0.717) is 19.3 Å². The van der Waals surface area contributed by atoms with Gasteiger partial charge in [0.15, 0.2) is 11.5 Å². The largest absolute Gasteiger partial charge is 0.486 e. The van der Waals surface area contributed by atoms with E-state index >= 15 is 0 Å². The molecule has 5 heteroatoms. The lowest BCUT2D eigenvalue weighted by Crippen LogP contribution is -2.30. The Morgan fingerprint density at radius 1 is 1.30 bits per heavy atom. The highest BCUT2D eigenvalue weighted by Gasteiger charge is 2.15. The third-order valence-corrected chi connectivity index (χ3v) is 3.31. The number of aromatic nitrogens is 2. The smallest absolute Gasteiger partial charge is 0.165 e. The van der Waals surface area contributed by atoms with Crippen LogP contribution in [0.3, 0.4) is 0 Å². The summed E-state index contributed by atoms with van der Waals surface area (Å²) in [5.74, 6) is 1.72. The molecule has 2 heterocycles. The van der Waals surface area contributed by atoms with Crippen molar-refractivity contribution in [1.82, 2.24) is 15.1 Å². The standard InChI is InChI=1S/C15H19N3O2/c1-12(11-18-7-3-6-17-18)16-10-13-4-2-5-14-15(13)20-9-8-19-14/h2-7,12,16H,8-11H2,1H3/t12-/m0/s1. The first kappa shape index (κ1) is 13.0. The summed E-state index contributed by atoms with van der Waals surface area (Å²) >= 11 is 0. The normalized spacial score (nSPS) is 15.1. The fourth-order valence-electron chi connectivity index (χ4n) is 2.31. The van der Waals surface area contributed by atoms with Crippen LogP contribution >= 0.6 is 0 Å². The fraction of sp³-hybridized carbons (Fsp3) is 0.400. The molecular formula is C15H19N3O2. The molecule has 1 atom stereocenters. The number of nitrogens with zero attached hydrogens (tertiary/aromatic N) is 2. The molecule has 3 rings (SSSR count). The number of ether oxygens (including phenoxy) is 2. The summed E-state index contributed by atoms with van der Waals surface area (Å²) in [7, 11) is 0. The van der Waals surface area contributed by atoms with Crippen molar-refractivity contribution < 1.29 is 9.47 Å². The first-order valence-electron chi connectivity index (χ1n) is 6.91. The Balaban J connectivity index is 1.61. The van der Waals surface area contributed by atoms with Gasteiger partial charge in [-0.2, -0.15) is 5.10 Å². The number of hydrogen-bond acceptors (Lipinski definition) is 4. The van der Waals surface area contributed by atoms with Crippen molar-refractivity contribution in [3.8, 4) is 11.5 Å². The number of fused-ring (bicyclic) bond motifs is 1. The molecule has 1 aliphatic heterocycles. The van der Waals surface area contributed by atoms with E-state index in [2.05, 4.69) is 23.4 Å². The highest BCUT2D eigenvalue weighted by atomic mass is 16.6. The lowest BCUT2D eigenvalue weighted by Gasteiger charge is -2.22. The summed E-state index contributed by atoms with van der Waals surface area (Å²) in [6.07, 6.45) is 3.77. The van der Waals surface area contributed by atoms with E-state index in [0.717, 1.165) is 30.2 Å². The Morgan fingerprint density at radius 3 is 3.05 bits per heavy atom. The lowest BCUT2D eigenvalue weighted by molar-refractivity contribution is 0.169. The summed E-state index contributed by atoms with van der Waals surface area (Å²) in [5, 5.41) is 7.70. The van der Waals surface area contributed by atoms with Gasteiger partial charge in [-0.15, -0.1) is 0 Å². The van der Waals surface area contributed by atoms with E-state index in [1.165, 1.54) is 0 Å². The maximum absolute atomic E-state index is 5.71. The van der Waals surface area contributed by atoms with Gasteiger partial charge in [-0.25, -0.2) is 0 Å². The Hall–Kier alpha value is -2.01. The zero-order valence-electron chi connectivity index (χ0n) is 11.6. The molecule has 0 saturated carbocycles. The van der Waals surface area contributed by atoms with Crippen LogP contribution in [0.25, 0.3) is 0 Å². The fourth-order valence-corrected chi connectivity index (χ4v) is 2.31. The van der Waals surface area contributed by atoms with Gasteiger partial charge in [-0.3, -0.25) is 4.68 Å². The molecular weight excluding hydrogens is 254 g/mol. The van der Waals surface area contributed by atoms with Crippen molar-refractivity contribution in [2.75, 3.05) is 13.2 Å². The monoisotopic (exact) mass is 273 g/mol. The molecule has 0 radical (unpaired) electrons. The van der Waals surface area contributed by atoms with Crippen LogP contribution < -0.4 is 14.8 Å². The number of benzene rings is 1. The van der Waals surface area contributed by atoms with Crippen LogP contribution in [0.1, 0.15) is 12.5 Å². The summed E-state index contributed by atoms with van der Waals surface area (Å²) in [6.45, 7) is 5.00. The highest BCUT2D eigenvalue weighted by molar-refractivity contribution is 5.47. The van der Waals surface area contributed by atoms with E-state index in [4.69, 9.17) is 9.47 Å². The van der Waals surface area contributed by atoms with Gasteiger partial charge in [-0.1, -0.05) is 12.1 Å². The van der Waals surface area contributed by atoms with Gasteiger partial charge in [0.25, 0.3) is 0 Å². The molecule has 1 aliphatic rings. The molecule has 0 unspecified atom stereocenters. The first-order chi connectivity index (χ1) is 9.83. The van der Waals surface area contributed by atoms with Crippen LogP contribution in [-0.4, -0.2) is 29.0 Å². The second-order valence-electron chi connectivity index (χ2n) is 4.95. The van der Waals surface area contributed by atoms with Crippen molar-refractivity contribution >= 4 is 0 Å². The van der Waals surface area contributed by atoms with Crippen LogP contribution in [0.15, 0.2) is 36.7 Å². The summed E-state index contributed by atoms with van der Waals surface area (Å²) in [6, 6.07) is 8.29. The maximum Gasteiger partial charge on any atom is 0.165 e. The molecule has 2 aromatic rings. The van der Waals surface area contributed by atoms with Gasteiger partial charge in [0, 0.05) is 30.5 Å². The summed E-state index contributed by atoms with van der Waals surface area (Å²) in [4.78, 5) is 0. The topological polar surface area (TPSA) is 48.3 Å².